The lowest BCUT2D eigenvalue weighted by molar-refractivity contribution is 0.240. The monoisotopic (exact) mass is 414 g/mol. The van der Waals surface area contributed by atoms with Gasteiger partial charge in [-0.25, -0.2) is 0 Å². The number of ether oxygens (including phenoxy) is 1. The van der Waals surface area contributed by atoms with Crippen molar-refractivity contribution in [3.8, 4) is 0 Å². The minimum Gasteiger partial charge on any atom is -0.473 e. The zero-order valence-corrected chi connectivity index (χ0v) is 18.0. The van der Waals surface area contributed by atoms with Gasteiger partial charge in [0.15, 0.2) is 0 Å². The molecule has 16 N–H and O–H groups in total. The zero-order chi connectivity index (χ0) is 22.2. The van der Waals surface area contributed by atoms with Crippen LogP contribution in [0.15, 0.2) is 24.7 Å². The molecule has 29 heavy (non-hydrogen) atoms. The molecule has 0 saturated carbocycles. The number of rotatable bonds is 18. The summed E-state index contributed by atoms with van der Waals surface area (Å²) in [6.45, 7) is 3.02. The van der Waals surface area contributed by atoms with Gasteiger partial charge >= 0.3 is 0 Å². The quantitative estimate of drug-likeness (QED) is 0.125. The van der Waals surface area contributed by atoms with Crippen molar-refractivity contribution in [1.82, 2.24) is 0 Å². The van der Waals surface area contributed by atoms with Crippen LogP contribution in [0.3, 0.4) is 0 Å². The second-order valence-corrected chi connectivity index (χ2v) is 7.73. The molecule has 172 valence electrons. The van der Waals surface area contributed by atoms with Crippen molar-refractivity contribution in [2.24, 2.45) is 56.7 Å². The molecule has 0 spiro atoms. The van der Waals surface area contributed by atoms with Gasteiger partial charge < -0.3 is 50.6 Å². The van der Waals surface area contributed by atoms with Gasteiger partial charge in [0.2, 0.25) is 0 Å². The lowest BCUT2D eigenvalue weighted by Gasteiger charge is -2.36. The Labute approximate surface area is 176 Å². The number of nitrogens with two attached hydrogens (primary N) is 8. The summed E-state index contributed by atoms with van der Waals surface area (Å²) in [5.74, 6) is 0. The van der Waals surface area contributed by atoms with Crippen molar-refractivity contribution in [1.29, 1.82) is 0 Å². The van der Waals surface area contributed by atoms with Gasteiger partial charge in [0, 0.05) is 22.9 Å². The highest BCUT2D eigenvalue weighted by Crippen LogP contribution is 2.34. The van der Waals surface area contributed by atoms with Gasteiger partial charge in [0.1, 0.15) is 0 Å². The van der Waals surface area contributed by atoms with Gasteiger partial charge in [-0.05, 0) is 89.9 Å². The van der Waals surface area contributed by atoms with E-state index in [4.69, 9.17) is 50.6 Å². The second-order valence-electron chi connectivity index (χ2n) is 7.73. The van der Waals surface area contributed by atoms with Gasteiger partial charge in [-0.15, -0.1) is 0 Å². The highest BCUT2D eigenvalue weighted by molar-refractivity contribution is 5.07. The maximum atomic E-state index is 6.40. The topological polar surface area (TPSA) is 217 Å². The van der Waals surface area contributed by atoms with E-state index in [9.17, 15) is 0 Å². The summed E-state index contributed by atoms with van der Waals surface area (Å²) in [6.07, 6.45) is 11.4. The first kappa shape index (κ1) is 28.0. The normalized spacial score (nSPS) is 15.3. The molecule has 2 unspecified atom stereocenters. The lowest BCUT2D eigenvalue weighted by Crippen LogP contribution is -2.44. The van der Waals surface area contributed by atoms with Crippen LogP contribution in [0.4, 0.5) is 0 Å². The first-order chi connectivity index (χ1) is 13.9. The maximum Gasteiger partial charge on any atom is 0.0867 e. The number of hydrogen-bond donors (Lipinski definition) is 8. The fraction of sp³-hybridized carbons (Fsp3) is 0.800. The van der Waals surface area contributed by atoms with Crippen molar-refractivity contribution < 1.29 is 4.74 Å². The Morgan fingerprint density at radius 2 is 0.862 bits per heavy atom. The van der Waals surface area contributed by atoms with Crippen LogP contribution in [0.2, 0.25) is 0 Å². The van der Waals surface area contributed by atoms with E-state index in [1.807, 2.05) is 12.2 Å². The minimum atomic E-state index is -0.349. The second kappa shape index (κ2) is 15.8. The molecule has 0 heterocycles. The SMILES string of the molecule is NCCC(N)C(/C=C/O/C=C/C(CCN)(CCN)C(N)CCN)(CCN)CCN. The summed E-state index contributed by atoms with van der Waals surface area (Å²) in [7, 11) is 0. The van der Waals surface area contributed by atoms with Crippen molar-refractivity contribution in [2.75, 3.05) is 39.3 Å². The van der Waals surface area contributed by atoms with Crippen LogP contribution >= 0.6 is 0 Å². The van der Waals surface area contributed by atoms with E-state index in [-0.39, 0.29) is 22.9 Å². The molecule has 0 aromatic rings. The molecular weight excluding hydrogens is 368 g/mol. The summed E-state index contributed by atoms with van der Waals surface area (Å²) >= 11 is 0. The molecule has 0 rings (SSSR count). The highest BCUT2D eigenvalue weighted by Gasteiger charge is 2.33. The number of hydrogen-bond acceptors (Lipinski definition) is 9. The average molecular weight is 415 g/mol. The van der Waals surface area contributed by atoms with Crippen LogP contribution in [0, 0.1) is 10.8 Å². The third kappa shape index (κ3) is 9.10. The molecule has 2 atom stereocenters. The predicted molar refractivity (Wildman–Crippen MR) is 122 cm³/mol. The fourth-order valence-corrected chi connectivity index (χ4v) is 3.98. The van der Waals surface area contributed by atoms with Gasteiger partial charge in [-0.1, -0.05) is 0 Å². The summed E-state index contributed by atoms with van der Waals surface area (Å²) in [5.41, 5.74) is 46.8. The van der Waals surface area contributed by atoms with Crippen molar-refractivity contribution >= 4 is 0 Å². The first-order valence-electron chi connectivity index (χ1n) is 10.6. The molecule has 0 aromatic heterocycles. The average Bonchev–Trinajstić information content (AvgIpc) is 2.68. The molecule has 0 radical (unpaired) electrons. The Bertz CT molecular complexity index is 406. The molecule has 9 nitrogen and oxygen atoms in total. The van der Waals surface area contributed by atoms with Gasteiger partial charge in [-0.3, -0.25) is 0 Å². The van der Waals surface area contributed by atoms with Gasteiger partial charge in [0.05, 0.1) is 12.5 Å². The lowest BCUT2D eigenvalue weighted by atomic mass is 9.73. The highest BCUT2D eigenvalue weighted by atomic mass is 16.5. The minimum absolute atomic E-state index is 0.144. The Morgan fingerprint density at radius 3 is 1.10 bits per heavy atom. The van der Waals surface area contributed by atoms with Crippen molar-refractivity contribution in [2.45, 2.75) is 50.6 Å². The first-order valence-corrected chi connectivity index (χ1v) is 10.6. The molecule has 0 aromatic carbocycles. The maximum absolute atomic E-state index is 6.40. The van der Waals surface area contributed by atoms with E-state index < -0.39 is 0 Å². The third-order valence-corrected chi connectivity index (χ3v) is 5.83. The van der Waals surface area contributed by atoms with E-state index >= 15 is 0 Å². The standard InChI is InChI=1S/C20H46N8O/c21-9-1-17(27)19(3-11-23,4-12-24)7-15-29-16-8-20(5-13-25,6-14-26)18(28)2-10-22/h7-8,15-18H,1-6,9-14,21-28H2/b15-7+,16-8+. The molecule has 0 saturated heterocycles. The summed E-state index contributed by atoms with van der Waals surface area (Å²) in [5, 5.41) is 0. The Morgan fingerprint density at radius 1 is 0.552 bits per heavy atom. The molecule has 9 heteroatoms. The van der Waals surface area contributed by atoms with Crippen LogP contribution in [0.25, 0.3) is 0 Å². The molecule has 0 aliphatic carbocycles. The smallest absolute Gasteiger partial charge is 0.0867 e. The van der Waals surface area contributed by atoms with E-state index in [1.165, 1.54) is 0 Å². The molecular formula is C20H46N8O. The summed E-state index contributed by atoms with van der Waals surface area (Å²) < 4.78 is 5.69. The van der Waals surface area contributed by atoms with Crippen LogP contribution in [0.5, 0.6) is 0 Å². The van der Waals surface area contributed by atoms with E-state index in [2.05, 4.69) is 0 Å². The largest absolute Gasteiger partial charge is 0.473 e. The van der Waals surface area contributed by atoms with Crippen molar-refractivity contribution in [3.05, 3.63) is 24.7 Å². The summed E-state index contributed by atoms with van der Waals surface area (Å²) in [6, 6.07) is -0.287. The predicted octanol–water partition coefficient (Wildman–Crippen LogP) is -1.25. The Balaban J connectivity index is 5.42. The van der Waals surface area contributed by atoms with Gasteiger partial charge in [-0.2, -0.15) is 0 Å². The van der Waals surface area contributed by atoms with E-state index in [0.29, 0.717) is 77.8 Å². The molecule has 0 aliphatic rings. The van der Waals surface area contributed by atoms with Crippen molar-refractivity contribution in [3.63, 3.8) is 0 Å². The van der Waals surface area contributed by atoms with Crippen LogP contribution in [-0.2, 0) is 4.74 Å². The fourth-order valence-electron chi connectivity index (χ4n) is 3.98. The molecule has 0 amide bonds. The Kier molecular flexibility index (Phi) is 15.2. The van der Waals surface area contributed by atoms with Gasteiger partial charge in [0.25, 0.3) is 0 Å². The van der Waals surface area contributed by atoms with E-state index in [0.717, 1.165) is 0 Å². The Hall–Kier alpha value is -1.04. The zero-order valence-electron chi connectivity index (χ0n) is 18.0. The molecule has 0 aliphatic heterocycles. The molecule has 0 bridgehead atoms. The van der Waals surface area contributed by atoms with Crippen LogP contribution < -0.4 is 45.9 Å². The van der Waals surface area contributed by atoms with Crippen LogP contribution in [0.1, 0.15) is 38.5 Å². The van der Waals surface area contributed by atoms with Crippen LogP contribution in [-0.4, -0.2) is 51.4 Å². The summed E-state index contributed by atoms with van der Waals surface area (Å²) in [4.78, 5) is 0. The van der Waals surface area contributed by atoms with E-state index in [1.54, 1.807) is 12.5 Å². The molecule has 0 fully saturated rings. The third-order valence-electron chi connectivity index (χ3n) is 5.83.